The van der Waals surface area contributed by atoms with Crippen LogP contribution in [-0.2, 0) is 0 Å². The molecule has 2 aliphatic rings. The predicted octanol–water partition coefficient (Wildman–Crippen LogP) is 2.30. The molecule has 0 saturated heterocycles. The van der Waals surface area contributed by atoms with Gasteiger partial charge in [0, 0.05) is 10.7 Å². The molecule has 0 unspecified atom stereocenters. The Morgan fingerprint density at radius 2 is 1.73 bits per heavy atom. The second-order valence-corrected chi connectivity index (χ2v) is 7.77. The van der Waals surface area contributed by atoms with Crippen LogP contribution < -0.4 is 21.4 Å². The number of hydrogen-bond donors (Lipinski definition) is 3. The van der Waals surface area contributed by atoms with E-state index in [9.17, 15) is 19.6 Å². The quantitative estimate of drug-likeness (QED) is 0.280. The van der Waals surface area contributed by atoms with Gasteiger partial charge < -0.3 is 14.8 Å². The Kier molecular flexibility index (Phi) is 5.22. The number of hydrogen-bond acceptors (Lipinski definition) is 6. The summed E-state index contributed by atoms with van der Waals surface area (Å²) in [6, 6.07) is 20.3. The number of halogens is 1. The van der Waals surface area contributed by atoms with E-state index in [-0.39, 0.29) is 11.4 Å². The van der Waals surface area contributed by atoms with Crippen molar-refractivity contribution in [3.8, 4) is 28.6 Å². The molecule has 0 aliphatic carbocycles. The summed E-state index contributed by atoms with van der Waals surface area (Å²) in [6.45, 7) is 0. The maximum atomic E-state index is 12.4. The number of rotatable bonds is 4. The molecule has 2 aliphatic heterocycles. The summed E-state index contributed by atoms with van der Waals surface area (Å²) in [6.07, 6.45) is 0. The Labute approximate surface area is 191 Å². The van der Waals surface area contributed by atoms with Crippen molar-refractivity contribution in [2.24, 2.45) is 0 Å². The molecule has 3 N–H and O–H groups in total. The third-order valence-corrected chi connectivity index (χ3v) is 5.38. The molecule has 0 fully saturated rings. The molecule has 0 amide bonds. The first-order valence-corrected chi connectivity index (χ1v) is 10.3. The number of aromatic nitrogens is 3. The topological polar surface area (TPSA) is 117 Å². The van der Waals surface area contributed by atoms with Gasteiger partial charge in [-0.2, -0.15) is 4.98 Å². The average Bonchev–Trinajstić information content (AvgIpc) is 2.79. The minimum absolute atomic E-state index is 0.205. The van der Waals surface area contributed by atoms with Crippen LogP contribution in [0, 0.1) is 0 Å². The fraction of sp³-hybridized carbons (Fsp3) is 0. The first-order valence-electron chi connectivity index (χ1n) is 9.89. The summed E-state index contributed by atoms with van der Waals surface area (Å²) in [5, 5.41) is 19.9. The van der Waals surface area contributed by atoms with Crippen molar-refractivity contribution in [2.45, 2.75) is 0 Å². The second kappa shape index (κ2) is 8.21. The lowest BCUT2D eigenvalue weighted by Crippen LogP contribution is -2.29. The van der Waals surface area contributed by atoms with E-state index in [4.69, 9.17) is 16.3 Å². The number of ether oxygens (including phenoxy) is 1. The molecule has 5 rings (SSSR count). The van der Waals surface area contributed by atoms with Crippen LogP contribution in [-0.4, -0.2) is 31.7 Å². The smallest absolute Gasteiger partial charge is 0.457 e. The van der Waals surface area contributed by atoms with E-state index < -0.39 is 18.4 Å². The zero-order valence-corrected chi connectivity index (χ0v) is 17.7. The van der Waals surface area contributed by atoms with E-state index in [0.717, 1.165) is 5.39 Å². The molecule has 2 heterocycles. The van der Waals surface area contributed by atoms with Crippen LogP contribution in [0.4, 0.5) is 0 Å². The summed E-state index contributed by atoms with van der Waals surface area (Å²) in [7, 11) is -1.60. The van der Waals surface area contributed by atoms with Gasteiger partial charge in [-0.3, -0.25) is 14.3 Å². The van der Waals surface area contributed by atoms with Crippen molar-refractivity contribution >= 4 is 35.1 Å². The molecular formula is C23H15BClN3O5. The molecule has 8 nitrogen and oxygen atoms in total. The highest BCUT2D eigenvalue weighted by molar-refractivity contribution is 6.58. The SMILES string of the molecule is O=c1nc2n(-c3ccc(Oc4cccc(B(O)O)c4)cc3)c3cc(Cl)ccc3cc-2c(=O)[nH]1. The van der Waals surface area contributed by atoms with Gasteiger partial charge in [-0.25, -0.2) is 4.79 Å². The van der Waals surface area contributed by atoms with Crippen LogP contribution in [0.2, 0.25) is 5.02 Å². The molecule has 0 radical (unpaired) electrons. The fourth-order valence-corrected chi connectivity index (χ4v) is 3.82. The van der Waals surface area contributed by atoms with Gasteiger partial charge in [0.2, 0.25) is 0 Å². The summed E-state index contributed by atoms with van der Waals surface area (Å²) < 4.78 is 7.51. The third-order valence-electron chi connectivity index (χ3n) is 5.15. The van der Waals surface area contributed by atoms with Crippen LogP contribution in [0.1, 0.15) is 0 Å². The van der Waals surface area contributed by atoms with Gasteiger partial charge in [0.05, 0.1) is 11.1 Å². The third kappa shape index (κ3) is 4.00. The van der Waals surface area contributed by atoms with Crippen LogP contribution in [0.15, 0.2) is 82.4 Å². The standard InChI is InChI=1S/C23H15BClN3O5/c25-15-5-4-13-10-19-21(26-23(30)27-22(19)29)28(20(13)12-15)16-6-8-17(9-7-16)33-18-3-1-2-14(11-18)24(31)32/h1-12,31-32H,(H,27,29,30). The highest BCUT2D eigenvalue weighted by atomic mass is 35.5. The van der Waals surface area contributed by atoms with E-state index in [1.807, 2.05) is 0 Å². The second-order valence-electron chi connectivity index (χ2n) is 7.33. The molecule has 33 heavy (non-hydrogen) atoms. The lowest BCUT2D eigenvalue weighted by Gasteiger charge is -2.18. The largest absolute Gasteiger partial charge is 0.488 e. The Morgan fingerprint density at radius 3 is 2.48 bits per heavy atom. The monoisotopic (exact) mass is 459 g/mol. The summed E-state index contributed by atoms with van der Waals surface area (Å²) in [5.41, 5.74) is 0.616. The molecular weight excluding hydrogens is 445 g/mol. The number of pyridine rings is 1. The molecule has 162 valence electrons. The van der Waals surface area contributed by atoms with Crippen molar-refractivity contribution in [1.29, 1.82) is 0 Å². The Bertz CT molecular complexity index is 1580. The van der Waals surface area contributed by atoms with Crippen LogP contribution in [0.25, 0.3) is 28.0 Å². The van der Waals surface area contributed by atoms with Crippen molar-refractivity contribution in [2.75, 3.05) is 0 Å². The molecule has 0 spiro atoms. The number of fused-ring (bicyclic) bond motifs is 2. The molecule has 0 bridgehead atoms. The minimum atomic E-state index is -1.60. The van der Waals surface area contributed by atoms with E-state index in [2.05, 4.69) is 9.97 Å². The summed E-state index contributed by atoms with van der Waals surface area (Å²) in [5.74, 6) is 1.14. The van der Waals surface area contributed by atoms with Gasteiger partial charge in [-0.05, 0) is 65.4 Å². The van der Waals surface area contributed by atoms with Gasteiger partial charge >= 0.3 is 12.8 Å². The van der Waals surface area contributed by atoms with E-state index in [0.29, 0.717) is 33.2 Å². The number of benzene rings is 3. The highest BCUT2D eigenvalue weighted by Gasteiger charge is 2.18. The lowest BCUT2D eigenvalue weighted by atomic mass is 9.80. The molecule has 0 atom stereocenters. The number of H-pyrrole nitrogens is 1. The van der Waals surface area contributed by atoms with Crippen LogP contribution >= 0.6 is 11.6 Å². The maximum Gasteiger partial charge on any atom is 0.488 e. The van der Waals surface area contributed by atoms with Gasteiger partial charge in [0.1, 0.15) is 11.5 Å². The van der Waals surface area contributed by atoms with Crippen LogP contribution in [0.5, 0.6) is 11.5 Å². The van der Waals surface area contributed by atoms with Gasteiger partial charge in [-0.15, -0.1) is 0 Å². The minimum Gasteiger partial charge on any atom is -0.457 e. The van der Waals surface area contributed by atoms with E-state index in [1.54, 1.807) is 71.3 Å². The molecule has 0 aromatic heterocycles. The van der Waals surface area contributed by atoms with Crippen molar-refractivity contribution in [1.82, 2.24) is 14.5 Å². The van der Waals surface area contributed by atoms with E-state index >= 15 is 0 Å². The molecule has 3 aromatic carbocycles. The zero-order chi connectivity index (χ0) is 23.1. The van der Waals surface area contributed by atoms with Crippen molar-refractivity contribution < 1.29 is 14.8 Å². The summed E-state index contributed by atoms with van der Waals surface area (Å²) in [4.78, 5) is 30.6. The summed E-state index contributed by atoms with van der Waals surface area (Å²) >= 11 is 6.22. The zero-order valence-electron chi connectivity index (χ0n) is 16.9. The predicted molar refractivity (Wildman–Crippen MR) is 126 cm³/mol. The molecule has 0 saturated carbocycles. The van der Waals surface area contributed by atoms with Gasteiger partial charge in [0.15, 0.2) is 5.82 Å². The number of nitrogens with one attached hydrogen (secondary N) is 1. The average molecular weight is 460 g/mol. The lowest BCUT2D eigenvalue weighted by molar-refractivity contribution is 0.425. The normalized spacial score (nSPS) is 11.1. The Hall–Kier alpha value is -3.92. The molecule has 3 aromatic rings. The maximum absolute atomic E-state index is 12.4. The first-order chi connectivity index (χ1) is 15.9. The first kappa shape index (κ1) is 21.0. The Morgan fingerprint density at radius 1 is 0.939 bits per heavy atom. The fourth-order valence-electron chi connectivity index (χ4n) is 3.65. The molecule has 10 heteroatoms. The van der Waals surface area contributed by atoms with Crippen molar-refractivity contribution in [3.05, 3.63) is 98.7 Å². The Balaban J connectivity index is 1.63. The number of aromatic amines is 1. The van der Waals surface area contributed by atoms with E-state index in [1.165, 1.54) is 6.07 Å². The van der Waals surface area contributed by atoms with Gasteiger partial charge in [-0.1, -0.05) is 29.8 Å². The van der Waals surface area contributed by atoms with Gasteiger partial charge in [0.25, 0.3) is 5.56 Å². The van der Waals surface area contributed by atoms with Crippen LogP contribution in [0.3, 0.4) is 0 Å². The highest BCUT2D eigenvalue weighted by Crippen LogP contribution is 2.30. The number of nitrogens with zero attached hydrogens (tertiary/aromatic N) is 2. The van der Waals surface area contributed by atoms with Crippen molar-refractivity contribution in [3.63, 3.8) is 0 Å².